The van der Waals surface area contributed by atoms with Crippen LogP contribution in [0.3, 0.4) is 0 Å². The topological polar surface area (TPSA) is 41.1 Å². The Labute approximate surface area is 111 Å². The minimum atomic E-state index is -0.0477. The van der Waals surface area contributed by atoms with Crippen molar-refractivity contribution in [1.82, 2.24) is 10.6 Å². The summed E-state index contributed by atoms with van der Waals surface area (Å²) < 4.78 is 0. The summed E-state index contributed by atoms with van der Waals surface area (Å²) >= 11 is 12.0. The molecule has 0 aliphatic heterocycles. The molecular formula is C12H16Cl2N2O. The molecule has 0 saturated carbocycles. The number of halogens is 2. The number of rotatable bonds is 5. The predicted molar refractivity (Wildman–Crippen MR) is 71.6 cm³/mol. The minimum Gasteiger partial charge on any atom is -0.358 e. The Morgan fingerprint density at radius 3 is 2.65 bits per heavy atom. The molecule has 1 atom stereocenters. The van der Waals surface area contributed by atoms with E-state index in [1.165, 1.54) is 0 Å². The van der Waals surface area contributed by atoms with Crippen LogP contribution in [0.15, 0.2) is 18.2 Å². The molecule has 1 aromatic rings. The van der Waals surface area contributed by atoms with Gasteiger partial charge >= 0.3 is 0 Å². The Bertz CT molecular complexity index is 396. The number of hydrogen-bond donors (Lipinski definition) is 2. The van der Waals surface area contributed by atoms with Gasteiger partial charge in [0.25, 0.3) is 0 Å². The highest BCUT2D eigenvalue weighted by Crippen LogP contribution is 2.27. The van der Waals surface area contributed by atoms with Crippen LogP contribution in [0.4, 0.5) is 0 Å². The maximum Gasteiger partial charge on any atom is 0.233 e. The first kappa shape index (κ1) is 14.3. The van der Waals surface area contributed by atoms with Crippen LogP contribution in [0.25, 0.3) is 0 Å². The lowest BCUT2D eigenvalue weighted by atomic mass is 10.0. The van der Waals surface area contributed by atoms with E-state index in [1.807, 2.05) is 13.0 Å². The van der Waals surface area contributed by atoms with Crippen molar-refractivity contribution in [1.29, 1.82) is 0 Å². The quantitative estimate of drug-likeness (QED) is 0.867. The van der Waals surface area contributed by atoms with Gasteiger partial charge in [0.05, 0.1) is 6.54 Å². The van der Waals surface area contributed by atoms with Crippen molar-refractivity contribution in [3.8, 4) is 0 Å². The zero-order valence-corrected chi connectivity index (χ0v) is 11.4. The Morgan fingerprint density at radius 2 is 2.12 bits per heavy atom. The van der Waals surface area contributed by atoms with Gasteiger partial charge in [0.2, 0.25) is 5.91 Å². The van der Waals surface area contributed by atoms with Gasteiger partial charge in [-0.25, -0.2) is 0 Å². The molecule has 0 fully saturated rings. The molecule has 0 aliphatic carbocycles. The summed E-state index contributed by atoms with van der Waals surface area (Å²) in [6, 6.07) is 5.45. The van der Waals surface area contributed by atoms with E-state index in [0.29, 0.717) is 10.0 Å². The van der Waals surface area contributed by atoms with E-state index in [-0.39, 0.29) is 18.5 Å². The van der Waals surface area contributed by atoms with Crippen LogP contribution < -0.4 is 10.6 Å². The molecule has 17 heavy (non-hydrogen) atoms. The van der Waals surface area contributed by atoms with Crippen molar-refractivity contribution in [3.63, 3.8) is 0 Å². The highest BCUT2D eigenvalue weighted by molar-refractivity contribution is 6.35. The molecule has 1 unspecified atom stereocenters. The first-order valence-corrected chi connectivity index (χ1v) is 6.23. The highest BCUT2D eigenvalue weighted by atomic mass is 35.5. The van der Waals surface area contributed by atoms with Gasteiger partial charge in [-0.05, 0) is 24.1 Å². The second-order valence-corrected chi connectivity index (χ2v) is 4.52. The summed E-state index contributed by atoms with van der Waals surface area (Å²) in [7, 11) is 1.61. The lowest BCUT2D eigenvalue weighted by Gasteiger charge is -2.18. The average Bonchev–Trinajstić information content (AvgIpc) is 2.31. The highest BCUT2D eigenvalue weighted by Gasteiger charge is 2.13. The van der Waals surface area contributed by atoms with Crippen LogP contribution in [-0.2, 0) is 4.79 Å². The van der Waals surface area contributed by atoms with Gasteiger partial charge in [-0.3, -0.25) is 4.79 Å². The molecule has 0 radical (unpaired) electrons. The van der Waals surface area contributed by atoms with Gasteiger partial charge in [0.1, 0.15) is 0 Å². The molecule has 0 bridgehead atoms. The Morgan fingerprint density at radius 1 is 1.41 bits per heavy atom. The second kappa shape index (κ2) is 6.84. The summed E-state index contributed by atoms with van der Waals surface area (Å²) in [5.74, 6) is -0.0477. The number of benzene rings is 1. The standard InChI is InChI=1S/C12H16Cl2N2O/c1-3-11(16-7-12(17)15-2)9-5-4-8(13)6-10(9)14/h4-6,11,16H,3,7H2,1-2H3,(H,15,17). The van der Waals surface area contributed by atoms with Crippen molar-refractivity contribution in [3.05, 3.63) is 33.8 Å². The number of hydrogen-bond acceptors (Lipinski definition) is 2. The van der Waals surface area contributed by atoms with Crippen LogP contribution in [0.1, 0.15) is 24.9 Å². The molecule has 94 valence electrons. The van der Waals surface area contributed by atoms with Crippen molar-refractivity contribution >= 4 is 29.1 Å². The molecule has 0 aliphatic rings. The first-order valence-electron chi connectivity index (χ1n) is 5.47. The predicted octanol–water partition coefficient (Wildman–Crippen LogP) is 2.78. The van der Waals surface area contributed by atoms with E-state index in [0.717, 1.165) is 12.0 Å². The third-order valence-corrected chi connectivity index (χ3v) is 3.10. The van der Waals surface area contributed by atoms with Gasteiger partial charge in [0, 0.05) is 23.1 Å². The molecule has 5 heteroatoms. The normalized spacial score (nSPS) is 12.2. The fourth-order valence-electron chi connectivity index (χ4n) is 1.56. The third kappa shape index (κ3) is 4.19. The Kier molecular flexibility index (Phi) is 5.75. The van der Waals surface area contributed by atoms with Gasteiger partial charge < -0.3 is 10.6 Å². The lowest BCUT2D eigenvalue weighted by molar-refractivity contribution is -0.119. The van der Waals surface area contributed by atoms with E-state index in [2.05, 4.69) is 10.6 Å². The number of nitrogens with one attached hydrogen (secondary N) is 2. The van der Waals surface area contributed by atoms with Crippen LogP contribution >= 0.6 is 23.2 Å². The molecule has 1 aromatic carbocycles. The Hall–Kier alpha value is -0.770. The van der Waals surface area contributed by atoms with Crippen LogP contribution in [0.5, 0.6) is 0 Å². The van der Waals surface area contributed by atoms with E-state index < -0.39 is 0 Å². The van der Waals surface area contributed by atoms with Gasteiger partial charge in [0.15, 0.2) is 0 Å². The van der Waals surface area contributed by atoms with E-state index in [1.54, 1.807) is 19.2 Å². The fraction of sp³-hybridized carbons (Fsp3) is 0.417. The first-order chi connectivity index (χ1) is 8.08. The molecule has 0 heterocycles. The number of amides is 1. The number of likely N-dealkylation sites (N-methyl/N-ethyl adjacent to an activating group) is 1. The lowest BCUT2D eigenvalue weighted by Crippen LogP contribution is -2.33. The van der Waals surface area contributed by atoms with E-state index >= 15 is 0 Å². The largest absolute Gasteiger partial charge is 0.358 e. The summed E-state index contributed by atoms with van der Waals surface area (Å²) in [4.78, 5) is 11.2. The van der Waals surface area contributed by atoms with Crippen molar-refractivity contribution in [2.75, 3.05) is 13.6 Å². The summed E-state index contributed by atoms with van der Waals surface area (Å²) in [6.07, 6.45) is 0.846. The SMILES string of the molecule is CCC(NCC(=O)NC)c1ccc(Cl)cc1Cl. The summed E-state index contributed by atoms with van der Waals surface area (Å²) in [6.45, 7) is 2.31. The Balaban J connectivity index is 2.75. The zero-order chi connectivity index (χ0) is 12.8. The maximum absolute atomic E-state index is 11.2. The van der Waals surface area contributed by atoms with Gasteiger partial charge in [-0.1, -0.05) is 36.2 Å². The summed E-state index contributed by atoms with van der Waals surface area (Å²) in [5.41, 5.74) is 0.961. The van der Waals surface area contributed by atoms with Gasteiger partial charge in [-0.2, -0.15) is 0 Å². The zero-order valence-electron chi connectivity index (χ0n) is 9.89. The smallest absolute Gasteiger partial charge is 0.233 e. The molecule has 1 rings (SSSR count). The van der Waals surface area contributed by atoms with Crippen molar-refractivity contribution in [2.24, 2.45) is 0 Å². The van der Waals surface area contributed by atoms with E-state index in [4.69, 9.17) is 23.2 Å². The number of carbonyl (C=O) groups excluding carboxylic acids is 1. The van der Waals surface area contributed by atoms with Crippen molar-refractivity contribution in [2.45, 2.75) is 19.4 Å². The van der Waals surface area contributed by atoms with Crippen LogP contribution in [0.2, 0.25) is 10.0 Å². The molecular weight excluding hydrogens is 259 g/mol. The molecule has 2 N–H and O–H groups in total. The molecule has 3 nitrogen and oxygen atoms in total. The molecule has 0 aromatic heterocycles. The molecule has 0 saturated heterocycles. The van der Waals surface area contributed by atoms with Crippen LogP contribution in [-0.4, -0.2) is 19.5 Å². The molecule has 1 amide bonds. The monoisotopic (exact) mass is 274 g/mol. The fourth-order valence-corrected chi connectivity index (χ4v) is 2.10. The average molecular weight is 275 g/mol. The summed E-state index contributed by atoms with van der Waals surface area (Å²) in [5, 5.41) is 6.95. The van der Waals surface area contributed by atoms with Crippen LogP contribution in [0, 0.1) is 0 Å². The molecule has 0 spiro atoms. The minimum absolute atomic E-state index is 0.0477. The second-order valence-electron chi connectivity index (χ2n) is 3.68. The maximum atomic E-state index is 11.2. The third-order valence-electron chi connectivity index (χ3n) is 2.53. The van der Waals surface area contributed by atoms with Gasteiger partial charge in [-0.15, -0.1) is 0 Å². The number of carbonyl (C=O) groups is 1. The van der Waals surface area contributed by atoms with Crippen molar-refractivity contribution < 1.29 is 4.79 Å². The van der Waals surface area contributed by atoms with E-state index in [9.17, 15) is 4.79 Å².